The standard InChI is InChI=1S/C24H26N2O3/c27-23(26-22(16-29-24(26)28)19-9-5-2-6-10-19)21-15-25(14-20(21)18-11-12-18)13-17-7-3-1-4-8-17/h1-10,18,20-22H,11-16H2/t20-,21-,22+/m1/s1. The average Bonchev–Trinajstić information content (AvgIpc) is 3.40. The van der Waals surface area contributed by atoms with E-state index in [1.54, 1.807) is 0 Å². The van der Waals surface area contributed by atoms with Crippen LogP contribution in [0, 0.1) is 17.8 Å². The van der Waals surface area contributed by atoms with Crippen molar-refractivity contribution in [2.75, 3.05) is 19.7 Å². The van der Waals surface area contributed by atoms with Gasteiger partial charge in [0.15, 0.2) is 0 Å². The predicted molar refractivity (Wildman–Crippen MR) is 109 cm³/mol. The zero-order valence-electron chi connectivity index (χ0n) is 16.4. The smallest absolute Gasteiger partial charge is 0.417 e. The van der Waals surface area contributed by atoms with Crippen LogP contribution in [0.5, 0.6) is 0 Å². The van der Waals surface area contributed by atoms with E-state index in [4.69, 9.17) is 4.74 Å². The summed E-state index contributed by atoms with van der Waals surface area (Å²) >= 11 is 0. The molecule has 29 heavy (non-hydrogen) atoms. The van der Waals surface area contributed by atoms with Crippen molar-refractivity contribution in [3.05, 3.63) is 71.8 Å². The maximum atomic E-state index is 13.6. The van der Waals surface area contributed by atoms with Gasteiger partial charge in [-0.05, 0) is 35.8 Å². The molecule has 3 fully saturated rings. The zero-order chi connectivity index (χ0) is 19.8. The summed E-state index contributed by atoms with van der Waals surface area (Å²) in [5.74, 6) is 0.742. The number of nitrogens with zero attached hydrogens (tertiary/aromatic N) is 2. The number of carbonyl (C=O) groups excluding carboxylic acids is 2. The Morgan fingerprint density at radius 3 is 2.34 bits per heavy atom. The first-order chi connectivity index (χ1) is 14.2. The minimum Gasteiger partial charge on any atom is -0.446 e. The summed E-state index contributed by atoms with van der Waals surface area (Å²) in [7, 11) is 0. The lowest BCUT2D eigenvalue weighted by molar-refractivity contribution is -0.134. The second-order valence-corrected chi connectivity index (χ2v) is 8.50. The maximum Gasteiger partial charge on any atom is 0.417 e. The summed E-state index contributed by atoms with van der Waals surface area (Å²) < 4.78 is 5.30. The predicted octanol–water partition coefficient (Wildman–Crippen LogP) is 3.86. The second kappa shape index (κ2) is 7.64. The summed E-state index contributed by atoms with van der Waals surface area (Å²) in [5.41, 5.74) is 2.21. The highest BCUT2D eigenvalue weighted by atomic mass is 16.6. The third-order valence-corrected chi connectivity index (χ3v) is 6.53. The van der Waals surface area contributed by atoms with E-state index >= 15 is 0 Å². The molecule has 2 aromatic rings. The largest absolute Gasteiger partial charge is 0.446 e. The van der Waals surface area contributed by atoms with E-state index in [2.05, 4.69) is 29.2 Å². The van der Waals surface area contributed by atoms with E-state index in [9.17, 15) is 9.59 Å². The Morgan fingerprint density at radius 1 is 0.966 bits per heavy atom. The highest BCUT2D eigenvalue weighted by Gasteiger charge is 2.50. The molecule has 0 N–H and O–H groups in total. The molecule has 5 rings (SSSR count). The van der Waals surface area contributed by atoms with Gasteiger partial charge in [0, 0.05) is 19.6 Å². The molecule has 2 saturated heterocycles. The summed E-state index contributed by atoms with van der Waals surface area (Å²) in [5, 5.41) is 0. The van der Waals surface area contributed by atoms with Crippen LogP contribution in [0.4, 0.5) is 4.79 Å². The highest BCUT2D eigenvalue weighted by Crippen LogP contribution is 2.45. The first-order valence-corrected chi connectivity index (χ1v) is 10.5. The first kappa shape index (κ1) is 18.4. The van der Waals surface area contributed by atoms with Crippen molar-refractivity contribution >= 4 is 12.0 Å². The molecular formula is C24H26N2O3. The Balaban J connectivity index is 1.36. The zero-order valence-corrected chi connectivity index (χ0v) is 16.4. The summed E-state index contributed by atoms with van der Waals surface area (Å²) in [4.78, 5) is 29.8. The molecule has 2 amide bonds. The summed E-state index contributed by atoms with van der Waals surface area (Å²) in [6, 6.07) is 19.8. The third kappa shape index (κ3) is 3.67. The number of hydrogen-bond acceptors (Lipinski definition) is 4. The van der Waals surface area contributed by atoms with Gasteiger partial charge in [-0.1, -0.05) is 60.7 Å². The number of imide groups is 1. The fourth-order valence-corrected chi connectivity index (χ4v) is 4.91. The van der Waals surface area contributed by atoms with Gasteiger partial charge in [-0.15, -0.1) is 0 Å². The fourth-order valence-electron chi connectivity index (χ4n) is 4.91. The number of hydrogen-bond donors (Lipinski definition) is 0. The SMILES string of the molecule is O=C1OC[C@@H](c2ccccc2)N1C(=O)[C@@H]1CN(Cc2ccccc2)C[C@@H]1C1CC1. The topological polar surface area (TPSA) is 49.9 Å². The average molecular weight is 390 g/mol. The Bertz CT molecular complexity index is 882. The number of likely N-dealkylation sites (tertiary alicyclic amines) is 1. The fraction of sp³-hybridized carbons (Fsp3) is 0.417. The van der Waals surface area contributed by atoms with Crippen LogP contribution in [-0.2, 0) is 16.1 Å². The lowest BCUT2D eigenvalue weighted by Gasteiger charge is -2.25. The molecule has 0 radical (unpaired) electrons. The van der Waals surface area contributed by atoms with Crippen molar-refractivity contribution in [2.24, 2.45) is 17.8 Å². The van der Waals surface area contributed by atoms with Crippen LogP contribution < -0.4 is 0 Å². The molecule has 3 aliphatic rings. The molecule has 0 spiro atoms. The molecule has 5 nitrogen and oxygen atoms in total. The molecule has 0 unspecified atom stereocenters. The maximum absolute atomic E-state index is 13.6. The van der Waals surface area contributed by atoms with Crippen LogP contribution in [-0.4, -0.2) is 41.5 Å². The Hall–Kier alpha value is -2.66. The molecule has 1 saturated carbocycles. The molecule has 2 aliphatic heterocycles. The third-order valence-electron chi connectivity index (χ3n) is 6.53. The van der Waals surface area contributed by atoms with Gasteiger partial charge in [-0.2, -0.15) is 0 Å². The van der Waals surface area contributed by atoms with Gasteiger partial charge in [-0.25, -0.2) is 9.69 Å². The first-order valence-electron chi connectivity index (χ1n) is 10.5. The van der Waals surface area contributed by atoms with Crippen molar-refractivity contribution in [3.8, 4) is 0 Å². The summed E-state index contributed by atoms with van der Waals surface area (Å²) in [6.07, 6.45) is 1.89. The minimum absolute atomic E-state index is 0.0613. The van der Waals surface area contributed by atoms with Crippen molar-refractivity contribution in [3.63, 3.8) is 0 Å². The van der Waals surface area contributed by atoms with Gasteiger partial charge < -0.3 is 4.74 Å². The minimum atomic E-state index is -0.500. The quantitative estimate of drug-likeness (QED) is 0.778. The number of cyclic esters (lactones) is 1. The van der Waals surface area contributed by atoms with Gasteiger partial charge in [0.1, 0.15) is 12.6 Å². The number of carbonyl (C=O) groups is 2. The summed E-state index contributed by atoms with van der Waals surface area (Å²) in [6.45, 7) is 2.72. The molecule has 3 atom stereocenters. The molecule has 2 heterocycles. The van der Waals surface area contributed by atoms with Crippen LogP contribution in [0.25, 0.3) is 0 Å². The number of amides is 2. The normalized spacial score (nSPS) is 27.2. The van der Waals surface area contributed by atoms with Gasteiger partial charge in [0.2, 0.25) is 5.91 Å². The number of ether oxygens (including phenoxy) is 1. The second-order valence-electron chi connectivity index (χ2n) is 8.50. The van der Waals surface area contributed by atoms with E-state index in [-0.39, 0.29) is 24.5 Å². The monoisotopic (exact) mass is 390 g/mol. The Labute approximate surface area is 171 Å². The van der Waals surface area contributed by atoms with Gasteiger partial charge in [0.25, 0.3) is 0 Å². The van der Waals surface area contributed by atoms with E-state index in [1.165, 1.54) is 23.3 Å². The van der Waals surface area contributed by atoms with E-state index in [1.807, 2.05) is 36.4 Å². The van der Waals surface area contributed by atoms with Crippen LogP contribution in [0.1, 0.15) is 30.0 Å². The number of rotatable bonds is 5. The lowest BCUT2D eigenvalue weighted by Crippen LogP contribution is -2.41. The van der Waals surface area contributed by atoms with Crippen molar-refractivity contribution in [1.29, 1.82) is 0 Å². The molecule has 0 bridgehead atoms. The molecular weight excluding hydrogens is 364 g/mol. The van der Waals surface area contributed by atoms with Crippen molar-refractivity contribution < 1.29 is 14.3 Å². The van der Waals surface area contributed by atoms with Crippen LogP contribution in [0.2, 0.25) is 0 Å². The van der Waals surface area contributed by atoms with E-state index < -0.39 is 6.09 Å². The van der Waals surface area contributed by atoms with Crippen molar-refractivity contribution in [2.45, 2.75) is 25.4 Å². The molecule has 150 valence electrons. The number of benzene rings is 2. The van der Waals surface area contributed by atoms with Crippen LogP contribution >= 0.6 is 0 Å². The van der Waals surface area contributed by atoms with Crippen LogP contribution in [0.3, 0.4) is 0 Å². The van der Waals surface area contributed by atoms with Crippen LogP contribution in [0.15, 0.2) is 60.7 Å². The molecule has 0 aromatic heterocycles. The lowest BCUT2D eigenvalue weighted by atomic mass is 9.89. The van der Waals surface area contributed by atoms with Crippen molar-refractivity contribution in [1.82, 2.24) is 9.80 Å². The Morgan fingerprint density at radius 2 is 1.66 bits per heavy atom. The van der Waals surface area contributed by atoms with E-state index in [0.717, 1.165) is 18.7 Å². The van der Waals surface area contributed by atoms with Gasteiger partial charge in [-0.3, -0.25) is 9.69 Å². The van der Waals surface area contributed by atoms with Gasteiger partial charge in [0.05, 0.1) is 5.92 Å². The Kier molecular flexibility index (Phi) is 4.84. The van der Waals surface area contributed by atoms with Gasteiger partial charge >= 0.3 is 6.09 Å². The molecule has 5 heteroatoms. The molecule has 2 aromatic carbocycles. The molecule has 1 aliphatic carbocycles. The van der Waals surface area contributed by atoms with E-state index in [0.29, 0.717) is 18.4 Å². The highest BCUT2D eigenvalue weighted by molar-refractivity contribution is 5.95.